The summed E-state index contributed by atoms with van der Waals surface area (Å²) in [6.07, 6.45) is 1.41. The number of rotatable bonds is 8. The van der Waals surface area contributed by atoms with Crippen molar-refractivity contribution in [1.82, 2.24) is 15.6 Å². The van der Waals surface area contributed by atoms with Gasteiger partial charge in [0.15, 0.2) is 4.34 Å². The second-order valence-corrected chi connectivity index (χ2v) is 8.11. The van der Waals surface area contributed by atoms with Gasteiger partial charge in [-0.3, -0.25) is 4.79 Å². The van der Waals surface area contributed by atoms with Gasteiger partial charge < -0.3 is 14.9 Å². The number of aromatic nitrogens is 2. The van der Waals surface area contributed by atoms with E-state index in [2.05, 4.69) is 20.7 Å². The fourth-order valence-electron chi connectivity index (χ4n) is 2.09. The van der Waals surface area contributed by atoms with Gasteiger partial charge in [-0.2, -0.15) is 5.10 Å². The van der Waals surface area contributed by atoms with Crippen LogP contribution in [0.2, 0.25) is 5.02 Å². The predicted octanol–water partition coefficient (Wildman–Crippen LogP) is 3.50. The Hall–Kier alpha value is -2.56. The molecule has 0 atom stereocenters. The number of anilines is 1. The van der Waals surface area contributed by atoms with Crippen LogP contribution in [0.1, 0.15) is 17.1 Å². The smallest absolute Gasteiger partial charge is 0.250 e. The molecule has 0 saturated heterocycles. The third-order valence-corrected chi connectivity index (χ3v) is 5.52. The van der Waals surface area contributed by atoms with Gasteiger partial charge in [-0.25, -0.2) is 5.43 Å². The summed E-state index contributed by atoms with van der Waals surface area (Å²) in [7, 11) is 0. The summed E-state index contributed by atoms with van der Waals surface area (Å²) in [5.74, 6) is 1.59. The van der Waals surface area contributed by atoms with Gasteiger partial charge in [-0.05, 0) is 30.7 Å². The molecule has 11 heteroatoms. The Balaban J connectivity index is 1.45. The number of nitrogens with two attached hydrogens (primary N) is 1. The molecule has 1 aromatic carbocycles. The zero-order valence-electron chi connectivity index (χ0n) is 14.7. The van der Waals surface area contributed by atoms with E-state index in [1.54, 1.807) is 18.2 Å². The highest BCUT2D eigenvalue weighted by molar-refractivity contribution is 8.01. The average Bonchev–Trinajstić information content (AvgIpc) is 3.28. The Labute approximate surface area is 174 Å². The quantitative estimate of drug-likeness (QED) is 0.314. The van der Waals surface area contributed by atoms with Crippen molar-refractivity contribution >= 4 is 52.0 Å². The van der Waals surface area contributed by atoms with Crippen molar-refractivity contribution in [2.45, 2.75) is 17.9 Å². The molecule has 0 fully saturated rings. The number of benzene rings is 1. The van der Waals surface area contributed by atoms with Crippen LogP contribution < -0.4 is 15.9 Å². The summed E-state index contributed by atoms with van der Waals surface area (Å²) in [6, 6.07) is 9.05. The molecule has 0 aliphatic carbocycles. The zero-order chi connectivity index (χ0) is 19.9. The van der Waals surface area contributed by atoms with Gasteiger partial charge in [0.05, 0.1) is 17.0 Å². The van der Waals surface area contributed by atoms with Crippen LogP contribution in [0, 0.1) is 6.92 Å². The van der Waals surface area contributed by atoms with Gasteiger partial charge in [0.1, 0.15) is 23.9 Å². The number of para-hydroxylation sites is 1. The number of nitrogens with one attached hydrogen (secondary N) is 1. The molecule has 0 spiro atoms. The highest BCUT2D eigenvalue weighted by Gasteiger charge is 2.08. The minimum atomic E-state index is -0.278. The standard InChI is InChI=1S/C17H16ClN5O3S2/c1-10-3-2-4-13(18)15(10)25-8-12-6-5-11(26-12)7-20-21-14(24)9-27-17-23-22-16(19)28-17/h2-7H,8-9H2,1H3,(H2,19,22)(H,21,24)/b20-7-. The molecule has 3 N–H and O–H groups in total. The molecule has 0 unspecified atom stereocenters. The van der Waals surface area contributed by atoms with Gasteiger partial charge in [0, 0.05) is 0 Å². The van der Waals surface area contributed by atoms with Gasteiger partial charge in [-0.1, -0.05) is 46.8 Å². The normalized spacial score (nSPS) is 11.1. The first kappa shape index (κ1) is 20.2. The summed E-state index contributed by atoms with van der Waals surface area (Å²) in [4.78, 5) is 11.8. The van der Waals surface area contributed by atoms with Gasteiger partial charge in [-0.15, -0.1) is 10.2 Å². The molecule has 0 aliphatic rings. The van der Waals surface area contributed by atoms with Crippen LogP contribution >= 0.6 is 34.7 Å². The number of aryl methyl sites for hydroxylation is 1. The minimum Gasteiger partial charge on any atom is -0.484 e. The monoisotopic (exact) mass is 437 g/mol. The van der Waals surface area contributed by atoms with Gasteiger partial charge >= 0.3 is 0 Å². The summed E-state index contributed by atoms with van der Waals surface area (Å²) < 4.78 is 11.9. The van der Waals surface area contributed by atoms with E-state index in [1.165, 1.54) is 29.3 Å². The number of furan rings is 1. The first-order valence-corrected chi connectivity index (χ1v) is 10.2. The second kappa shape index (κ2) is 9.58. The number of hydrogen-bond acceptors (Lipinski definition) is 9. The lowest BCUT2D eigenvalue weighted by Gasteiger charge is -2.09. The summed E-state index contributed by atoms with van der Waals surface area (Å²) in [5.41, 5.74) is 8.84. The number of carbonyl (C=O) groups is 1. The third kappa shape index (κ3) is 5.72. The van der Waals surface area contributed by atoms with E-state index in [4.69, 9.17) is 26.5 Å². The Morgan fingerprint density at radius 3 is 3.04 bits per heavy atom. The van der Waals surface area contributed by atoms with E-state index in [0.29, 0.717) is 31.8 Å². The Bertz CT molecular complexity index is 969. The van der Waals surface area contributed by atoms with Crippen LogP contribution in [-0.2, 0) is 11.4 Å². The topological polar surface area (TPSA) is 116 Å². The van der Waals surface area contributed by atoms with Crippen LogP contribution in [0.5, 0.6) is 5.75 Å². The van der Waals surface area contributed by atoms with Crippen molar-refractivity contribution < 1.29 is 13.9 Å². The van der Waals surface area contributed by atoms with Crippen LogP contribution in [0.3, 0.4) is 0 Å². The lowest BCUT2D eigenvalue weighted by atomic mass is 10.2. The molecule has 2 heterocycles. The minimum absolute atomic E-state index is 0.153. The first-order valence-electron chi connectivity index (χ1n) is 8.01. The van der Waals surface area contributed by atoms with Crippen LogP contribution in [0.15, 0.2) is 44.2 Å². The van der Waals surface area contributed by atoms with Crippen LogP contribution in [0.4, 0.5) is 5.13 Å². The molecule has 1 amide bonds. The maximum Gasteiger partial charge on any atom is 0.250 e. The molecule has 28 heavy (non-hydrogen) atoms. The molecule has 0 radical (unpaired) electrons. The van der Waals surface area contributed by atoms with Crippen LogP contribution in [0.25, 0.3) is 0 Å². The summed E-state index contributed by atoms with van der Waals surface area (Å²) in [5, 5.41) is 12.3. The number of hydrogen-bond donors (Lipinski definition) is 2. The van der Waals surface area contributed by atoms with E-state index < -0.39 is 0 Å². The van der Waals surface area contributed by atoms with E-state index in [0.717, 1.165) is 5.56 Å². The summed E-state index contributed by atoms with van der Waals surface area (Å²) >= 11 is 8.59. The van der Waals surface area contributed by atoms with E-state index >= 15 is 0 Å². The van der Waals surface area contributed by atoms with Crippen molar-refractivity contribution in [3.63, 3.8) is 0 Å². The number of ether oxygens (including phenoxy) is 1. The van der Waals surface area contributed by atoms with Gasteiger partial charge in [0.25, 0.3) is 5.91 Å². The lowest BCUT2D eigenvalue weighted by molar-refractivity contribution is -0.118. The maximum absolute atomic E-state index is 11.8. The first-order chi connectivity index (χ1) is 13.5. The fourth-order valence-corrected chi connectivity index (χ4v) is 3.80. The number of thioether (sulfide) groups is 1. The largest absolute Gasteiger partial charge is 0.484 e. The molecule has 2 aromatic heterocycles. The molecule has 3 aromatic rings. The van der Waals surface area contributed by atoms with E-state index in [1.807, 2.05) is 19.1 Å². The SMILES string of the molecule is Cc1cccc(Cl)c1OCc1ccc(/C=N\NC(=O)CSc2nnc(N)s2)o1. The Kier molecular flexibility index (Phi) is 6.90. The number of nitrogen functional groups attached to an aromatic ring is 1. The number of carbonyl (C=O) groups excluding carboxylic acids is 1. The van der Waals surface area contributed by atoms with Crippen molar-refractivity contribution in [1.29, 1.82) is 0 Å². The van der Waals surface area contributed by atoms with E-state index in [-0.39, 0.29) is 18.3 Å². The Morgan fingerprint density at radius 1 is 1.43 bits per heavy atom. The Morgan fingerprint density at radius 2 is 2.29 bits per heavy atom. The molecule has 0 saturated carbocycles. The van der Waals surface area contributed by atoms with E-state index in [9.17, 15) is 4.79 Å². The second-order valence-electron chi connectivity index (χ2n) is 5.47. The highest BCUT2D eigenvalue weighted by atomic mass is 35.5. The number of amides is 1. The molecular weight excluding hydrogens is 422 g/mol. The zero-order valence-corrected chi connectivity index (χ0v) is 17.1. The molecule has 8 nitrogen and oxygen atoms in total. The molecule has 0 bridgehead atoms. The number of hydrazone groups is 1. The maximum atomic E-state index is 11.8. The third-order valence-electron chi connectivity index (χ3n) is 3.33. The average molecular weight is 438 g/mol. The number of halogens is 1. The molecule has 0 aliphatic heterocycles. The highest BCUT2D eigenvalue weighted by Crippen LogP contribution is 2.28. The van der Waals surface area contributed by atoms with Crippen LogP contribution in [-0.4, -0.2) is 28.1 Å². The fraction of sp³-hybridized carbons (Fsp3) is 0.176. The van der Waals surface area contributed by atoms with Crippen molar-refractivity contribution in [3.8, 4) is 5.75 Å². The summed E-state index contributed by atoms with van der Waals surface area (Å²) in [6.45, 7) is 2.15. The van der Waals surface area contributed by atoms with Crippen molar-refractivity contribution in [2.24, 2.45) is 5.10 Å². The molecule has 3 rings (SSSR count). The molecular formula is C17H16ClN5O3S2. The van der Waals surface area contributed by atoms with Crippen molar-refractivity contribution in [2.75, 3.05) is 11.5 Å². The molecule has 146 valence electrons. The van der Waals surface area contributed by atoms with Gasteiger partial charge in [0.2, 0.25) is 5.13 Å². The number of nitrogens with zero attached hydrogens (tertiary/aromatic N) is 3. The van der Waals surface area contributed by atoms with Crippen molar-refractivity contribution in [3.05, 3.63) is 52.4 Å². The lowest BCUT2D eigenvalue weighted by Crippen LogP contribution is -2.19. The predicted molar refractivity (Wildman–Crippen MR) is 110 cm³/mol.